The lowest BCUT2D eigenvalue weighted by molar-refractivity contribution is -0.192. The number of aliphatic carboxylic acids is 1. The van der Waals surface area contributed by atoms with Crippen LogP contribution in [0.4, 0.5) is 13.2 Å². The van der Waals surface area contributed by atoms with Crippen molar-refractivity contribution in [1.82, 2.24) is 34.2 Å². The quantitative estimate of drug-likeness (QED) is 0.667. The fourth-order valence-corrected chi connectivity index (χ4v) is 3.37. The van der Waals surface area contributed by atoms with Gasteiger partial charge in [0.1, 0.15) is 18.5 Å². The monoisotopic (exact) mass is 437 g/mol. The van der Waals surface area contributed by atoms with Crippen LogP contribution in [0.3, 0.4) is 0 Å². The van der Waals surface area contributed by atoms with E-state index in [-0.39, 0.29) is 0 Å². The number of halogens is 3. The zero-order valence-electron chi connectivity index (χ0n) is 16.8. The van der Waals surface area contributed by atoms with Crippen LogP contribution in [-0.2, 0) is 31.0 Å². The first-order chi connectivity index (χ1) is 14.7. The number of alkyl halides is 3. The van der Waals surface area contributed by atoms with Gasteiger partial charge in [0.2, 0.25) is 0 Å². The van der Waals surface area contributed by atoms with Crippen LogP contribution in [-0.4, -0.2) is 58.0 Å². The summed E-state index contributed by atoms with van der Waals surface area (Å²) in [5.41, 5.74) is 2.16. The molecule has 3 aromatic heterocycles. The van der Waals surface area contributed by atoms with Crippen LogP contribution in [0.1, 0.15) is 17.2 Å². The molecule has 9 nitrogen and oxygen atoms in total. The molecule has 12 heteroatoms. The second-order valence-electron chi connectivity index (χ2n) is 7.22. The lowest BCUT2D eigenvalue weighted by Gasteiger charge is -2.23. The van der Waals surface area contributed by atoms with Crippen LogP contribution in [0.2, 0.25) is 0 Å². The Balaban J connectivity index is 0.000000339. The van der Waals surface area contributed by atoms with Crippen LogP contribution >= 0.6 is 0 Å². The molecule has 166 valence electrons. The minimum atomic E-state index is -5.08. The Bertz CT molecular complexity index is 989. The Kier molecular flexibility index (Phi) is 7.00. The van der Waals surface area contributed by atoms with Crippen molar-refractivity contribution in [3.05, 3.63) is 60.5 Å². The summed E-state index contributed by atoms with van der Waals surface area (Å²) in [7, 11) is 0. The SMILES string of the molecule is Cc1cccc(CN2Cc3nccn3CC(Cn3cncn3)C2)n1.O=C(O)C(F)(F)F. The van der Waals surface area contributed by atoms with E-state index < -0.39 is 12.1 Å². The highest BCUT2D eigenvalue weighted by atomic mass is 19.4. The van der Waals surface area contributed by atoms with Crippen molar-refractivity contribution in [1.29, 1.82) is 0 Å². The molecule has 0 radical (unpaired) electrons. The van der Waals surface area contributed by atoms with Crippen molar-refractivity contribution in [2.24, 2.45) is 5.92 Å². The van der Waals surface area contributed by atoms with Gasteiger partial charge in [-0.05, 0) is 19.1 Å². The van der Waals surface area contributed by atoms with Gasteiger partial charge in [-0.1, -0.05) is 6.07 Å². The van der Waals surface area contributed by atoms with Crippen molar-refractivity contribution in [3.8, 4) is 0 Å². The van der Waals surface area contributed by atoms with Gasteiger partial charge in [0.15, 0.2) is 0 Å². The standard InChI is InChI=1S/C17H21N7.C2HF3O2/c1-14-3-2-4-16(21-14)10-22-7-15(9-24-13-18-12-20-24)8-23-6-5-19-17(23)11-22;3-2(4,5)1(6)7/h2-6,12-13,15H,7-11H2,1H3;(H,6,7). The molecular weight excluding hydrogens is 415 g/mol. The van der Waals surface area contributed by atoms with Gasteiger partial charge in [-0.2, -0.15) is 18.3 Å². The molecule has 4 rings (SSSR count). The van der Waals surface area contributed by atoms with E-state index in [9.17, 15) is 13.2 Å². The van der Waals surface area contributed by atoms with Crippen molar-refractivity contribution >= 4 is 5.97 Å². The highest BCUT2D eigenvalue weighted by Gasteiger charge is 2.38. The predicted octanol–water partition coefficient (Wildman–Crippen LogP) is 2.14. The van der Waals surface area contributed by atoms with Crippen LogP contribution in [0.5, 0.6) is 0 Å². The summed E-state index contributed by atoms with van der Waals surface area (Å²) in [5, 5.41) is 11.4. The molecule has 1 unspecified atom stereocenters. The molecule has 0 saturated carbocycles. The maximum atomic E-state index is 10.6. The van der Waals surface area contributed by atoms with Gasteiger partial charge in [-0.15, -0.1) is 0 Å². The maximum absolute atomic E-state index is 10.6. The molecule has 1 aliphatic rings. The third-order valence-corrected chi connectivity index (χ3v) is 4.62. The number of carboxylic acid groups (broad SMARTS) is 1. The topological polar surface area (TPSA) is 102 Å². The number of imidazole rings is 1. The van der Waals surface area contributed by atoms with Gasteiger partial charge in [0, 0.05) is 50.2 Å². The van der Waals surface area contributed by atoms with E-state index in [1.807, 2.05) is 23.9 Å². The molecular formula is C19H22F3N7O2. The molecule has 0 amide bonds. The molecule has 1 N–H and O–H groups in total. The number of aryl methyl sites for hydroxylation is 1. The zero-order valence-corrected chi connectivity index (χ0v) is 16.8. The van der Waals surface area contributed by atoms with Crippen LogP contribution < -0.4 is 0 Å². The van der Waals surface area contributed by atoms with Gasteiger partial charge < -0.3 is 9.67 Å². The molecule has 1 aliphatic heterocycles. The van der Waals surface area contributed by atoms with Gasteiger partial charge in [-0.3, -0.25) is 14.6 Å². The fraction of sp³-hybridized carbons (Fsp3) is 0.421. The van der Waals surface area contributed by atoms with Gasteiger partial charge >= 0.3 is 12.1 Å². The summed E-state index contributed by atoms with van der Waals surface area (Å²) in [5.74, 6) is -1.19. The number of pyridine rings is 1. The third kappa shape index (κ3) is 6.60. The molecule has 0 aromatic carbocycles. The van der Waals surface area contributed by atoms with E-state index in [1.165, 1.54) is 0 Å². The fourth-order valence-electron chi connectivity index (χ4n) is 3.37. The molecule has 1 atom stereocenters. The molecule has 0 aliphatic carbocycles. The Hall–Kier alpha value is -3.28. The van der Waals surface area contributed by atoms with Crippen molar-refractivity contribution in [2.45, 2.75) is 39.3 Å². The van der Waals surface area contributed by atoms with Gasteiger partial charge in [0.05, 0.1) is 12.2 Å². The number of nitrogens with zero attached hydrogens (tertiary/aromatic N) is 7. The van der Waals surface area contributed by atoms with Crippen molar-refractivity contribution in [2.75, 3.05) is 6.54 Å². The van der Waals surface area contributed by atoms with E-state index in [2.05, 4.69) is 47.8 Å². The van der Waals surface area contributed by atoms with Gasteiger partial charge in [0.25, 0.3) is 0 Å². The summed E-state index contributed by atoms with van der Waals surface area (Å²) < 4.78 is 35.9. The van der Waals surface area contributed by atoms with E-state index in [0.717, 1.165) is 49.9 Å². The summed E-state index contributed by atoms with van der Waals surface area (Å²) in [6.45, 7) is 6.51. The molecule has 0 fully saturated rings. The molecule has 0 saturated heterocycles. The predicted molar refractivity (Wildman–Crippen MR) is 103 cm³/mol. The van der Waals surface area contributed by atoms with Crippen molar-refractivity contribution in [3.63, 3.8) is 0 Å². The van der Waals surface area contributed by atoms with E-state index in [0.29, 0.717) is 5.92 Å². The molecule has 31 heavy (non-hydrogen) atoms. The van der Waals surface area contributed by atoms with Crippen LogP contribution in [0.25, 0.3) is 0 Å². The Morgan fingerprint density at radius 1 is 1.29 bits per heavy atom. The third-order valence-electron chi connectivity index (χ3n) is 4.62. The smallest absolute Gasteiger partial charge is 0.475 e. The minimum Gasteiger partial charge on any atom is -0.475 e. The first-order valence-corrected chi connectivity index (χ1v) is 9.48. The second-order valence-corrected chi connectivity index (χ2v) is 7.22. The number of carboxylic acids is 1. The second kappa shape index (κ2) is 9.69. The average Bonchev–Trinajstić information content (AvgIpc) is 3.31. The van der Waals surface area contributed by atoms with E-state index in [4.69, 9.17) is 9.90 Å². The molecule has 0 spiro atoms. The number of hydrogen-bond acceptors (Lipinski definition) is 6. The summed E-state index contributed by atoms with van der Waals surface area (Å²) in [4.78, 5) is 24.5. The van der Waals surface area contributed by atoms with E-state index in [1.54, 1.807) is 12.7 Å². The summed E-state index contributed by atoms with van der Waals surface area (Å²) >= 11 is 0. The average molecular weight is 437 g/mol. The maximum Gasteiger partial charge on any atom is 0.490 e. The molecule has 4 heterocycles. The minimum absolute atomic E-state index is 0.451. The zero-order chi connectivity index (χ0) is 22.4. The first kappa shape index (κ1) is 22.4. The molecule has 3 aromatic rings. The summed E-state index contributed by atoms with van der Waals surface area (Å²) in [6, 6.07) is 6.20. The highest BCUT2D eigenvalue weighted by Crippen LogP contribution is 2.18. The summed E-state index contributed by atoms with van der Waals surface area (Å²) in [6.07, 6.45) is 2.24. The number of aromatic nitrogens is 6. The Labute approximate surface area is 176 Å². The number of rotatable bonds is 4. The van der Waals surface area contributed by atoms with E-state index >= 15 is 0 Å². The van der Waals surface area contributed by atoms with Gasteiger partial charge in [-0.25, -0.2) is 14.8 Å². The Morgan fingerprint density at radius 3 is 2.71 bits per heavy atom. The lowest BCUT2D eigenvalue weighted by Crippen LogP contribution is -2.30. The first-order valence-electron chi connectivity index (χ1n) is 9.48. The highest BCUT2D eigenvalue weighted by molar-refractivity contribution is 5.73. The Morgan fingerprint density at radius 2 is 2.06 bits per heavy atom. The van der Waals surface area contributed by atoms with Crippen LogP contribution in [0, 0.1) is 12.8 Å². The lowest BCUT2D eigenvalue weighted by atomic mass is 10.1. The largest absolute Gasteiger partial charge is 0.490 e. The molecule has 0 bridgehead atoms. The number of carbonyl (C=O) groups is 1. The van der Waals surface area contributed by atoms with Crippen molar-refractivity contribution < 1.29 is 23.1 Å². The normalized spacial score (nSPS) is 16.7. The number of fused-ring (bicyclic) bond motifs is 1. The van der Waals surface area contributed by atoms with Crippen LogP contribution in [0.15, 0.2) is 43.2 Å². The number of hydrogen-bond donors (Lipinski definition) is 1.